The molecular formula is C25H26N2O5S2. The highest BCUT2D eigenvalue weighted by atomic mass is 32.2. The van der Waals surface area contributed by atoms with Crippen molar-refractivity contribution in [2.75, 3.05) is 18.5 Å². The molecule has 9 heteroatoms. The zero-order valence-corrected chi connectivity index (χ0v) is 20.4. The molecule has 2 aromatic carbocycles. The molecule has 0 aliphatic carbocycles. The summed E-state index contributed by atoms with van der Waals surface area (Å²) in [5, 5.41) is 12.4. The van der Waals surface area contributed by atoms with Crippen LogP contribution in [0.5, 0.6) is 5.75 Å². The smallest absolute Gasteiger partial charge is 0.338 e. The summed E-state index contributed by atoms with van der Waals surface area (Å²) in [4.78, 5) is 38.6. The van der Waals surface area contributed by atoms with Crippen molar-refractivity contribution in [2.24, 2.45) is 0 Å². The van der Waals surface area contributed by atoms with E-state index >= 15 is 0 Å². The first-order chi connectivity index (χ1) is 16.4. The number of phenolic OH excluding ortho intramolecular Hbond substituents is 1. The van der Waals surface area contributed by atoms with Crippen LogP contribution in [0, 0.1) is 0 Å². The number of anilines is 1. The first-order valence-corrected chi connectivity index (χ1v) is 12.2. The Labute approximate surface area is 208 Å². The Hall–Kier alpha value is -3.17. The summed E-state index contributed by atoms with van der Waals surface area (Å²) in [6, 6.07) is 13.3. The number of thioether (sulfide) groups is 1. The van der Waals surface area contributed by atoms with Crippen molar-refractivity contribution in [1.82, 2.24) is 4.90 Å². The number of esters is 1. The molecule has 3 rings (SSSR count). The summed E-state index contributed by atoms with van der Waals surface area (Å²) in [5.74, 6) is -0.496. The van der Waals surface area contributed by atoms with Crippen LogP contribution in [0.4, 0.5) is 5.69 Å². The Balaban J connectivity index is 1.39. The van der Waals surface area contributed by atoms with Gasteiger partial charge in [-0.05, 0) is 67.8 Å². The lowest BCUT2D eigenvalue weighted by atomic mass is 10.1. The van der Waals surface area contributed by atoms with Crippen LogP contribution in [0.1, 0.15) is 48.5 Å². The molecule has 0 saturated carbocycles. The summed E-state index contributed by atoms with van der Waals surface area (Å²) in [6.45, 7) is 2.56. The van der Waals surface area contributed by atoms with Gasteiger partial charge in [0, 0.05) is 18.7 Å². The van der Waals surface area contributed by atoms with E-state index < -0.39 is 5.97 Å². The number of thiocarbonyl (C=S) groups is 1. The van der Waals surface area contributed by atoms with Gasteiger partial charge in [0.2, 0.25) is 5.91 Å². The number of nitrogens with zero attached hydrogens (tertiary/aromatic N) is 1. The Bertz CT molecular complexity index is 1100. The van der Waals surface area contributed by atoms with E-state index in [0.29, 0.717) is 46.5 Å². The maximum absolute atomic E-state index is 12.7. The first-order valence-electron chi connectivity index (χ1n) is 11.0. The molecule has 2 aromatic rings. The van der Waals surface area contributed by atoms with Gasteiger partial charge in [0.1, 0.15) is 10.1 Å². The Morgan fingerprint density at radius 1 is 1.15 bits per heavy atom. The van der Waals surface area contributed by atoms with E-state index in [4.69, 9.17) is 17.0 Å². The molecule has 1 fully saturated rings. The lowest BCUT2D eigenvalue weighted by Gasteiger charge is -2.14. The van der Waals surface area contributed by atoms with E-state index in [9.17, 15) is 19.5 Å². The van der Waals surface area contributed by atoms with Crippen molar-refractivity contribution in [3.63, 3.8) is 0 Å². The van der Waals surface area contributed by atoms with Gasteiger partial charge in [-0.25, -0.2) is 4.79 Å². The summed E-state index contributed by atoms with van der Waals surface area (Å²) in [5.41, 5.74) is 1.79. The molecule has 1 saturated heterocycles. The minimum atomic E-state index is -0.392. The Morgan fingerprint density at radius 3 is 2.62 bits per heavy atom. The second kappa shape index (κ2) is 12.3. The van der Waals surface area contributed by atoms with E-state index in [2.05, 4.69) is 5.32 Å². The number of amides is 2. The lowest BCUT2D eigenvalue weighted by Crippen LogP contribution is -2.29. The third kappa shape index (κ3) is 7.16. The van der Waals surface area contributed by atoms with E-state index in [-0.39, 0.29) is 17.6 Å². The average Bonchev–Trinajstić information content (AvgIpc) is 3.06. The fourth-order valence-corrected chi connectivity index (χ4v) is 4.63. The highest BCUT2D eigenvalue weighted by Crippen LogP contribution is 2.33. The molecule has 0 spiro atoms. The molecule has 2 N–H and O–H groups in total. The van der Waals surface area contributed by atoms with Gasteiger partial charge in [-0.3, -0.25) is 14.5 Å². The number of unbranched alkanes of at least 4 members (excludes halogenated alkanes) is 2. The van der Waals surface area contributed by atoms with E-state index in [1.165, 1.54) is 11.8 Å². The predicted molar refractivity (Wildman–Crippen MR) is 137 cm³/mol. The number of hydrogen-bond acceptors (Lipinski definition) is 7. The minimum absolute atomic E-state index is 0.108. The van der Waals surface area contributed by atoms with Crippen LogP contribution >= 0.6 is 24.0 Å². The number of rotatable bonds is 10. The largest absolute Gasteiger partial charge is 0.508 e. The van der Waals surface area contributed by atoms with Crippen molar-refractivity contribution in [3.8, 4) is 5.75 Å². The summed E-state index contributed by atoms with van der Waals surface area (Å²) < 4.78 is 5.45. The highest BCUT2D eigenvalue weighted by molar-refractivity contribution is 8.26. The van der Waals surface area contributed by atoms with Gasteiger partial charge in [-0.2, -0.15) is 0 Å². The van der Waals surface area contributed by atoms with Crippen LogP contribution in [-0.4, -0.2) is 45.3 Å². The van der Waals surface area contributed by atoms with E-state index in [1.54, 1.807) is 60.4 Å². The molecule has 1 aliphatic heterocycles. The Kier molecular flexibility index (Phi) is 9.24. The average molecular weight is 499 g/mol. The topological polar surface area (TPSA) is 95.9 Å². The van der Waals surface area contributed by atoms with Gasteiger partial charge in [-0.15, -0.1) is 0 Å². The molecule has 0 atom stereocenters. The van der Waals surface area contributed by atoms with Crippen LogP contribution < -0.4 is 5.32 Å². The van der Waals surface area contributed by atoms with Crippen LogP contribution in [0.2, 0.25) is 0 Å². The van der Waals surface area contributed by atoms with Gasteiger partial charge < -0.3 is 15.2 Å². The van der Waals surface area contributed by atoms with Crippen molar-refractivity contribution < 1.29 is 24.2 Å². The molecule has 34 heavy (non-hydrogen) atoms. The normalized spacial score (nSPS) is 14.5. The second-order valence-electron chi connectivity index (χ2n) is 7.58. The third-order valence-electron chi connectivity index (χ3n) is 5.01. The van der Waals surface area contributed by atoms with E-state index in [0.717, 1.165) is 18.4 Å². The van der Waals surface area contributed by atoms with Crippen LogP contribution in [0.25, 0.3) is 6.08 Å². The highest BCUT2D eigenvalue weighted by Gasteiger charge is 2.31. The lowest BCUT2D eigenvalue weighted by molar-refractivity contribution is -0.122. The number of nitrogens with one attached hydrogen (secondary N) is 1. The zero-order chi connectivity index (χ0) is 24.5. The summed E-state index contributed by atoms with van der Waals surface area (Å²) in [6.07, 6.45) is 4.27. The summed E-state index contributed by atoms with van der Waals surface area (Å²) >= 11 is 6.61. The molecule has 1 aliphatic rings. The van der Waals surface area contributed by atoms with Crippen molar-refractivity contribution in [1.29, 1.82) is 0 Å². The van der Waals surface area contributed by atoms with E-state index in [1.807, 2.05) is 6.07 Å². The number of aromatic hydroxyl groups is 1. The van der Waals surface area contributed by atoms with Crippen LogP contribution in [0.3, 0.4) is 0 Å². The molecule has 2 amide bonds. The standard InChI is InChI=1S/C25H26N2O5S2/c1-2-32-24(31)18-10-12-19(13-11-18)26-22(29)9-4-3-5-14-27-23(30)21(34-25(27)33)16-17-7-6-8-20(28)15-17/h6-8,10-13,15-16,28H,2-5,9,14H2,1H3,(H,26,29)/b21-16-. The number of ether oxygens (including phenoxy) is 1. The fourth-order valence-electron chi connectivity index (χ4n) is 3.32. The molecular weight excluding hydrogens is 472 g/mol. The van der Waals surface area contributed by atoms with Crippen molar-refractivity contribution in [3.05, 3.63) is 64.6 Å². The molecule has 178 valence electrons. The predicted octanol–water partition coefficient (Wildman–Crippen LogP) is 4.97. The van der Waals surface area contributed by atoms with Gasteiger partial charge in [0.05, 0.1) is 17.1 Å². The fraction of sp³-hybridized carbons (Fsp3) is 0.280. The summed E-state index contributed by atoms with van der Waals surface area (Å²) in [7, 11) is 0. The van der Waals surface area contributed by atoms with Gasteiger partial charge in [0.25, 0.3) is 5.91 Å². The molecule has 1 heterocycles. The van der Waals surface area contributed by atoms with Crippen LogP contribution in [-0.2, 0) is 14.3 Å². The zero-order valence-electron chi connectivity index (χ0n) is 18.8. The number of phenols is 1. The first kappa shape index (κ1) is 25.5. The van der Waals surface area contributed by atoms with Crippen molar-refractivity contribution in [2.45, 2.75) is 32.6 Å². The number of carbonyl (C=O) groups is 3. The number of benzene rings is 2. The van der Waals surface area contributed by atoms with Gasteiger partial charge in [0.15, 0.2) is 0 Å². The Morgan fingerprint density at radius 2 is 1.91 bits per heavy atom. The number of carbonyl (C=O) groups excluding carboxylic acids is 3. The molecule has 7 nitrogen and oxygen atoms in total. The number of hydrogen-bond donors (Lipinski definition) is 2. The van der Waals surface area contributed by atoms with Gasteiger partial charge >= 0.3 is 5.97 Å². The maximum Gasteiger partial charge on any atom is 0.338 e. The van der Waals surface area contributed by atoms with Gasteiger partial charge in [-0.1, -0.05) is 42.5 Å². The molecule has 0 bridgehead atoms. The second-order valence-corrected chi connectivity index (χ2v) is 9.26. The quantitative estimate of drug-likeness (QED) is 0.207. The molecule has 0 unspecified atom stereocenters. The molecule has 0 radical (unpaired) electrons. The van der Waals surface area contributed by atoms with Crippen LogP contribution in [0.15, 0.2) is 53.4 Å². The maximum atomic E-state index is 12.7. The third-order valence-corrected chi connectivity index (χ3v) is 6.38. The van der Waals surface area contributed by atoms with Crippen molar-refractivity contribution >= 4 is 57.8 Å². The molecule has 0 aromatic heterocycles. The SMILES string of the molecule is CCOC(=O)c1ccc(NC(=O)CCCCCN2C(=O)/C(=C/c3cccc(O)c3)SC2=S)cc1. The minimum Gasteiger partial charge on any atom is -0.508 e. The monoisotopic (exact) mass is 498 g/mol.